The summed E-state index contributed by atoms with van der Waals surface area (Å²) in [5.41, 5.74) is 4.96. The molecule has 1 aromatic carbocycles. The zero-order valence-corrected chi connectivity index (χ0v) is 16.6. The van der Waals surface area contributed by atoms with Crippen molar-refractivity contribution in [3.05, 3.63) is 65.3 Å². The van der Waals surface area contributed by atoms with Crippen LogP contribution in [0.3, 0.4) is 0 Å². The summed E-state index contributed by atoms with van der Waals surface area (Å²) in [5.74, 6) is 1.05. The van der Waals surface area contributed by atoms with Gasteiger partial charge in [-0.2, -0.15) is 0 Å². The number of aromatic nitrogens is 3. The van der Waals surface area contributed by atoms with Gasteiger partial charge in [-0.15, -0.1) is 10.2 Å². The Morgan fingerprint density at radius 1 is 1.21 bits per heavy atom. The molecule has 144 valence electrons. The fourth-order valence-electron chi connectivity index (χ4n) is 3.69. The Kier molecular flexibility index (Phi) is 4.63. The molecule has 6 heteroatoms. The number of carbonyl (C=O) groups excluding carboxylic acids is 1. The summed E-state index contributed by atoms with van der Waals surface area (Å²) in [6, 6.07) is 9.66. The molecule has 3 heterocycles. The smallest absolute Gasteiger partial charge is 0.225 e. The Morgan fingerprint density at radius 2 is 2.04 bits per heavy atom. The van der Waals surface area contributed by atoms with Crippen LogP contribution in [0.4, 0.5) is 0 Å². The Hall–Kier alpha value is -3.15. The van der Waals surface area contributed by atoms with Gasteiger partial charge < -0.3 is 9.73 Å². The molecule has 0 bridgehead atoms. The molecule has 0 aliphatic rings. The minimum atomic E-state index is -0.253. The second-order valence-corrected chi connectivity index (χ2v) is 7.57. The molecule has 0 aliphatic carbocycles. The number of aryl methyl sites for hydroxylation is 1. The lowest BCUT2D eigenvalue weighted by Crippen LogP contribution is -2.29. The molecule has 1 N–H and O–H groups in total. The molecule has 0 unspecified atom stereocenters. The maximum Gasteiger partial charge on any atom is 0.225 e. The van der Waals surface area contributed by atoms with E-state index >= 15 is 0 Å². The van der Waals surface area contributed by atoms with Crippen LogP contribution < -0.4 is 5.32 Å². The lowest BCUT2D eigenvalue weighted by atomic mass is 9.95. The fourth-order valence-corrected chi connectivity index (χ4v) is 3.69. The van der Waals surface area contributed by atoms with E-state index in [1.807, 2.05) is 35.7 Å². The minimum Gasteiger partial charge on any atom is -0.464 e. The molecule has 28 heavy (non-hydrogen) atoms. The van der Waals surface area contributed by atoms with Crippen LogP contribution in [0.5, 0.6) is 0 Å². The zero-order chi connectivity index (χ0) is 19.8. The number of nitrogens with zero attached hydrogens (tertiary/aromatic N) is 3. The first-order valence-electron chi connectivity index (χ1n) is 9.53. The van der Waals surface area contributed by atoms with E-state index in [-0.39, 0.29) is 18.4 Å². The maximum absolute atomic E-state index is 12.7. The number of furan rings is 1. The highest BCUT2D eigenvalue weighted by atomic mass is 16.3. The number of benzene rings is 1. The van der Waals surface area contributed by atoms with Crippen molar-refractivity contribution >= 4 is 22.5 Å². The largest absolute Gasteiger partial charge is 0.464 e. The van der Waals surface area contributed by atoms with E-state index in [0.717, 1.165) is 22.2 Å². The molecular formula is C22H24N4O2. The topological polar surface area (TPSA) is 72.4 Å². The van der Waals surface area contributed by atoms with Crippen LogP contribution >= 0.6 is 0 Å². The van der Waals surface area contributed by atoms with Crippen molar-refractivity contribution in [1.29, 1.82) is 0 Å². The number of pyridine rings is 1. The standard InChI is InChI=1S/C22H24N4O2/c1-13(2)17-11-18-16(12-28-19(18)9-14(17)3)10-21(27)23-15(4)22-25-24-20-7-5-6-8-26(20)22/h5-9,11-13,15H,10H2,1-4H3,(H,23,27)/t15-/m0/s1. The van der Waals surface area contributed by atoms with Gasteiger partial charge in [-0.05, 0) is 55.2 Å². The number of fused-ring (bicyclic) bond motifs is 2. The van der Waals surface area contributed by atoms with Crippen molar-refractivity contribution in [3.63, 3.8) is 0 Å². The molecule has 0 aliphatic heterocycles. The van der Waals surface area contributed by atoms with Crippen LogP contribution in [0.2, 0.25) is 0 Å². The lowest BCUT2D eigenvalue weighted by Gasteiger charge is -2.12. The summed E-state index contributed by atoms with van der Waals surface area (Å²) in [6.45, 7) is 8.35. The third-order valence-electron chi connectivity index (χ3n) is 5.12. The van der Waals surface area contributed by atoms with Gasteiger partial charge in [-0.3, -0.25) is 9.20 Å². The van der Waals surface area contributed by atoms with Crippen molar-refractivity contribution in [2.75, 3.05) is 0 Å². The quantitative estimate of drug-likeness (QED) is 0.563. The van der Waals surface area contributed by atoms with E-state index in [9.17, 15) is 4.79 Å². The van der Waals surface area contributed by atoms with E-state index in [0.29, 0.717) is 11.7 Å². The van der Waals surface area contributed by atoms with Gasteiger partial charge in [0.2, 0.25) is 5.91 Å². The summed E-state index contributed by atoms with van der Waals surface area (Å²) < 4.78 is 7.58. The number of hydrogen-bond donors (Lipinski definition) is 1. The molecule has 4 rings (SSSR count). The van der Waals surface area contributed by atoms with Crippen LogP contribution in [0.25, 0.3) is 16.6 Å². The van der Waals surface area contributed by atoms with E-state index < -0.39 is 0 Å². The van der Waals surface area contributed by atoms with Gasteiger partial charge >= 0.3 is 0 Å². The van der Waals surface area contributed by atoms with Crippen LogP contribution in [0.15, 0.2) is 47.2 Å². The summed E-state index contributed by atoms with van der Waals surface area (Å²) in [7, 11) is 0. The molecule has 0 saturated heterocycles. The second kappa shape index (κ2) is 7.11. The van der Waals surface area contributed by atoms with Crippen molar-refractivity contribution < 1.29 is 9.21 Å². The van der Waals surface area contributed by atoms with Crippen molar-refractivity contribution in [2.24, 2.45) is 0 Å². The predicted molar refractivity (Wildman–Crippen MR) is 108 cm³/mol. The van der Waals surface area contributed by atoms with Gasteiger partial charge in [0.05, 0.1) is 18.7 Å². The van der Waals surface area contributed by atoms with Gasteiger partial charge in [-0.1, -0.05) is 19.9 Å². The van der Waals surface area contributed by atoms with Gasteiger partial charge in [0, 0.05) is 17.1 Å². The molecule has 0 spiro atoms. The Bertz CT molecular complexity index is 1160. The monoisotopic (exact) mass is 376 g/mol. The summed E-state index contributed by atoms with van der Waals surface area (Å²) in [6.07, 6.45) is 3.84. The lowest BCUT2D eigenvalue weighted by molar-refractivity contribution is -0.121. The highest BCUT2D eigenvalue weighted by Crippen LogP contribution is 2.29. The first-order valence-corrected chi connectivity index (χ1v) is 9.53. The van der Waals surface area contributed by atoms with E-state index in [2.05, 4.69) is 48.4 Å². The number of rotatable bonds is 5. The number of nitrogens with one attached hydrogen (secondary N) is 1. The highest BCUT2D eigenvalue weighted by molar-refractivity contribution is 5.88. The summed E-state index contributed by atoms with van der Waals surface area (Å²) >= 11 is 0. The zero-order valence-electron chi connectivity index (χ0n) is 16.6. The van der Waals surface area contributed by atoms with Crippen molar-refractivity contribution in [3.8, 4) is 0 Å². The number of hydrogen-bond acceptors (Lipinski definition) is 4. The SMILES string of the molecule is Cc1cc2occ(CC(=O)N[C@@H](C)c3nnc4ccccn34)c2cc1C(C)C. The molecule has 1 amide bonds. The minimum absolute atomic E-state index is 0.0745. The van der Waals surface area contributed by atoms with Gasteiger partial charge in [0.15, 0.2) is 11.5 Å². The van der Waals surface area contributed by atoms with E-state index in [4.69, 9.17) is 4.42 Å². The number of carbonyl (C=O) groups is 1. The third kappa shape index (κ3) is 3.26. The average molecular weight is 376 g/mol. The van der Waals surface area contributed by atoms with E-state index in [1.165, 1.54) is 11.1 Å². The van der Waals surface area contributed by atoms with Crippen LogP contribution in [0, 0.1) is 6.92 Å². The maximum atomic E-state index is 12.7. The number of amides is 1. The molecule has 6 nitrogen and oxygen atoms in total. The van der Waals surface area contributed by atoms with Gasteiger partial charge in [-0.25, -0.2) is 0 Å². The van der Waals surface area contributed by atoms with Crippen LogP contribution in [-0.4, -0.2) is 20.5 Å². The highest BCUT2D eigenvalue weighted by Gasteiger charge is 2.18. The summed E-state index contributed by atoms with van der Waals surface area (Å²) in [4.78, 5) is 12.7. The van der Waals surface area contributed by atoms with Crippen LogP contribution in [0.1, 0.15) is 55.2 Å². The molecule has 0 radical (unpaired) electrons. The molecule has 0 saturated carbocycles. The predicted octanol–water partition coefficient (Wildman–Crippen LogP) is 4.33. The first kappa shape index (κ1) is 18.2. The first-order chi connectivity index (χ1) is 13.4. The third-order valence-corrected chi connectivity index (χ3v) is 5.12. The van der Waals surface area contributed by atoms with Crippen molar-refractivity contribution in [2.45, 2.75) is 46.1 Å². The Balaban J connectivity index is 1.54. The van der Waals surface area contributed by atoms with Crippen molar-refractivity contribution in [1.82, 2.24) is 19.9 Å². The second-order valence-electron chi connectivity index (χ2n) is 7.57. The van der Waals surface area contributed by atoms with E-state index in [1.54, 1.807) is 6.26 Å². The van der Waals surface area contributed by atoms with Gasteiger partial charge in [0.1, 0.15) is 5.58 Å². The molecular weight excluding hydrogens is 352 g/mol. The molecule has 1 atom stereocenters. The molecule has 3 aromatic heterocycles. The molecule has 0 fully saturated rings. The Morgan fingerprint density at radius 3 is 2.82 bits per heavy atom. The molecule has 4 aromatic rings. The normalized spacial score (nSPS) is 12.8. The Labute approximate surface area is 163 Å². The fraction of sp³-hybridized carbons (Fsp3) is 0.318. The van der Waals surface area contributed by atoms with Gasteiger partial charge in [0.25, 0.3) is 0 Å². The summed E-state index contributed by atoms with van der Waals surface area (Å²) in [5, 5.41) is 12.4. The average Bonchev–Trinajstić information content (AvgIpc) is 3.25. The van der Waals surface area contributed by atoms with Crippen LogP contribution in [-0.2, 0) is 11.2 Å².